The number of para-hydroxylation sites is 1. The molecule has 0 saturated heterocycles. The molecule has 1 atom stereocenters. The molecule has 0 bridgehead atoms. The van der Waals surface area contributed by atoms with Gasteiger partial charge in [-0.05, 0) is 31.2 Å². The number of fused-ring (bicyclic) bond motifs is 1. The van der Waals surface area contributed by atoms with Crippen LogP contribution in [0.2, 0.25) is 0 Å². The van der Waals surface area contributed by atoms with Gasteiger partial charge in [0.15, 0.2) is 11.2 Å². The van der Waals surface area contributed by atoms with Crippen LogP contribution in [-0.2, 0) is 5.60 Å². The Hall–Kier alpha value is -2.86. The van der Waals surface area contributed by atoms with Crippen molar-refractivity contribution in [3.05, 3.63) is 70.5 Å². The summed E-state index contributed by atoms with van der Waals surface area (Å²) < 4.78 is 10.6. The maximum atomic E-state index is 12.2. The highest BCUT2D eigenvalue weighted by molar-refractivity contribution is 5.93. The van der Waals surface area contributed by atoms with E-state index in [1.807, 2.05) is 0 Å². The number of rotatable bonds is 4. The van der Waals surface area contributed by atoms with Crippen LogP contribution in [0.4, 0.5) is 0 Å². The zero-order valence-electron chi connectivity index (χ0n) is 12.4. The summed E-state index contributed by atoms with van der Waals surface area (Å²) in [5.41, 5.74) is -1.33. The third-order valence-corrected chi connectivity index (χ3v) is 3.50. The van der Waals surface area contributed by atoms with Gasteiger partial charge in [0.1, 0.15) is 16.9 Å². The predicted octanol–water partition coefficient (Wildman–Crippen LogP) is 2.02. The lowest BCUT2D eigenvalue weighted by molar-refractivity contribution is 0.0326. The van der Waals surface area contributed by atoms with E-state index in [-0.39, 0.29) is 17.7 Å². The van der Waals surface area contributed by atoms with E-state index in [4.69, 9.17) is 8.83 Å². The number of aliphatic hydroxyl groups is 1. The predicted molar refractivity (Wildman–Crippen MR) is 83.1 cm³/mol. The highest BCUT2D eigenvalue weighted by Crippen LogP contribution is 2.20. The molecule has 3 aromatic rings. The standard InChI is InChI=1S/C17H15NO5/c1-17(21,15-7-4-8-22-15)10-18-16(20)14-9-12(19)11-5-2-3-6-13(11)23-14/h2-9,21H,10H2,1H3,(H,18,20). The Morgan fingerprint density at radius 1 is 1.26 bits per heavy atom. The number of hydrogen-bond donors (Lipinski definition) is 2. The Balaban J connectivity index is 1.80. The van der Waals surface area contributed by atoms with Gasteiger partial charge in [-0.25, -0.2) is 0 Å². The van der Waals surface area contributed by atoms with Crippen molar-refractivity contribution in [3.63, 3.8) is 0 Å². The lowest BCUT2D eigenvalue weighted by Gasteiger charge is -2.20. The monoisotopic (exact) mass is 313 g/mol. The van der Waals surface area contributed by atoms with E-state index in [9.17, 15) is 14.7 Å². The molecule has 0 aliphatic rings. The number of carbonyl (C=O) groups is 1. The molecule has 0 radical (unpaired) electrons. The van der Waals surface area contributed by atoms with Crippen LogP contribution >= 0.6 is 0 Å². The van der Waals surface area contributed by atoms with Gasteiger partial charge in [0.2, 0.25) is 0 Å². The van der Waals surface area contributed by atoms with Crippen LogP contribution in [0.15, 0.2) is 62.4 Å². The minimum atomic E-state index is -1.36. The van der Waals surface area contributed by atoms with Crippen molar-refractivity contribution in [1.29, 1.82) is 0 Å². The molecule has 1 aromatic carbocycles. The fraction of sp³-hybridized carbons (Fsp3) is 0.176. The summed E-state index contributed by atoms with van der Waals surface area (Å²) in [4.78, 5) is 24.2. The molecule has 2 heterocycles. The maximum Gasteiger partial charge on any atom is 0.287 e. The number of benzene rings is 1. The Morgan fingerprint density at radius 3 is 2.78 bits per heavy atom. The van der Waals surface area contributed by atoms with Crippen LogP contribution in [0.3, 0.4) is 0 Å². The summed E-state index contributed by atoms with van der Waals surface area (Å²) in [7, 11) is 0. The summed E-state index contributed by atoms with van der Waals surface area (Å²) in [5, 5.41) is 13.2. The second-order valence-electron chi connectivity index (χ2n) is 5.40. The van der Waals surface area contributed by atoms with Crippen molar-refractivity contribution < 1.29 is 18.7 Å². The minimum absolute atomic E-state index is 0.0874. The topological polar surface area (TPSA) is 92.7 Å². The molecule has 0 spiro atoms. The average molecular weight is 313 g/mol. The number of nitrogens with one attached hydrogen (secondary N) is 1. The van der Waals surface area contributed by atoms with Gasteiger partial charge in [-0.1, -0.05) is 12.1 Å². The lowest BCUT2D eigenvalue weighted by Crippen LogP contribution is -2.38. The molecule has 23 heavy (non-hydrogen) atoms. The SMILES string of the molecule is CC(O)(CNC(=O)c1cc(=O)c2ccccc2o1)c1ccco1. The highest BCUT2D eigenvalue weighted by atomic mass is 16.4. The first-order valence-corrected chi connectivity index (χ1v) is 7.05. The fourth-order valence-electron chi connectivity index (χ4n) is 2.23. The second-order valence-corrected chi connectivity index (χ2v) is 5.40. The van der Waals surface area contributed by atoms with Crippen molar-refractivity contribution in [2.24, 2.45) is 0 Å². The van der Waals surface area contributed by atoms with E-state index in [1.165, 1.54) is 13.2 Å². The van der Waals surface area contributed by atoms with E-state index in [1.54, 1.807) is 36.4 Å². The molecular formula is C17H15NO5. The van der Waals surface area contributed by atoms with Crippen LogP contribution in [0.25, 0.3) is 11.0 Å². The van der Waals surface area contributed by atoms with Crippen LogP contribution in [0.1, 0.15) is 23.2 Å². The second kappa shape index (κ2) is 5.73. The van der Waals surface area contributed by atoms with Gasteiger partial charge in [-0.15, -0.1) is 0 Å². The number of furan rings is 1. The van der Waals surface area contributed by atoms with Gasteiger partial charge in [0.25, 0.3) is 5.91 Å². The van der Waals surface area contributed by atoms with Crippen LogP contribution in [0.5, 0.6) is 0 Å². The summed E-state index contributed by atoms with van der Waals surface area (Å²) in [6.45, 7) is 1.43. The van der Waals surface area contributed by atoms with Gasteiger partial charge < -0.3 is 19.3 Å². The average Bonchev–Trinajstić information content (AvgIpc) is 3.08. The van der Waals surface area contributed by atoms with E-state index in [0.717, 1.165) is 6.07 Å². The van der Waals surface area contributed by atoms with Crippen molar-refractivity contribution in [2.75, 3.05) is 6.54 Å². The minimum Gasteiger partial charge on any atom is -0.466 e. The number of carbonyl (C=O) groups excluding carboxylic acids is 1. The van der Waals surface area contributed by atoms with Gasteiger partial charge in [0, 0.05) is 6.07 Å². The van der Waals surface area contributed by atoms with E-state index < -0.39 is 11.5 Å². The molecule has 6 heteroatoms. The molecule has 3 rings (SSSR count). The van der Waals surface area contributed by atoms with Crippen LogP contribution in [0, 0.1) is 0 Å². The van der Waals surface area contributed by atoms with Crippen molar-refractivity contribution in [2.45, 2.75) is 12.5 Å². The van der Waals surface area contributed by atoms with E-state index in [0.29, 0.717) is 16.7 Å². The molecule has 118 valence electrons. The summed E-state index contributed by atoms with van der Waals surface area (Å²) in [5.74, 6) is -0.360. The smallest absolute Gasteiger partial charge is 0.287 e. The fourth-order valence-corrected chi connectivity index (χ4v) is 2.23. The Bertz CT molecular complexity index is 893. The van der Waals surface area contributed by atoms with Crippen molar-refractivity contribution in [3.8, 4) is 0 Å². The van der Waals surface area contributed by atoms with Crippen LogP contribution in [-0.4, -0.2) is 17.6 Å². The van der Waals surface area contributed by atoms with Gasteiger partial charge >= 0.3 is 0 Å². The molecule has 1 amide bonds. The summed E-state index contributed by atoms with van der Waals surface area (Å²) >= 11 is 0. The molecule has 2 aromatic heterocycles. The first-order valence-electron chi connectivity index (χ1n) is 7.05. The Kier molecular flexibility index (Phi) is 3.75. The molecule has 2 N–H and O–H groups in total. The normalized spacial score (nSPS) is 13.7. The summed E-state index contributed by atoms with van der Waals surface area (Å²) in [6.07, 6.45) is 1.44. The van der Waals surface area contributed by atoms with Gasteiger partial charge in [-0.3, -0.25) is 9.59 Å². The van der Waals surface area contributed by atoms with Crippen molar-refractivity contribution >= 4 is 16.9 Å². The molecule has 6 nitrogen and oxygen atoms in total. The molecule has 1 unspecified atom stereocenters. The first kappa shape index (κ1) is 15.1. The van der Waals surface area contributed by atoms with Gasteiger partial charge in [0.05, 0.1) is 18.2 Å². The zero-order valence-corrected chi connectivity index (χ0v) is 12.4. The summed E-state index contributed by atoms with van der Waals surface area (Å²) in [6, 6.07) is 11.1. The van der Waals surface area contributed by atoms with E-state index >= 15 is 0 Å². The molecule has 0 aliphatic heterocycles. The Labute approximate surface area is 131 Å². The van der Waals surface area contributed by atoms with E-state index in [2.05, 4.69) is 5.32 Å². The zero-order chi connectivity index (χ0) is 16.4. The third kappa shape index (κ3) is 3.02. The number of amides is 1. The molecule has 0 aliphatic carbocycles. The third-order valence-electron chi connectivity index (χ3n) is 3.50. The Morgan fingerprint density at radius 2 is 2.04 bits per heavy atom. The lowest BCUT2D eigenvalue weighted by atomic mass is 10.0. The van der Waals surface area contributed by atoms with Crippen LogP contribution < -0.4 is 10.7 Å². The molecule has 0 saturated carbocycles. The quantitative estimate of drug-likeness (QED) is 0.769. The highest BCUT2D eigenvalue weighted by Gasteiger charge is 2.27. The number of hydrogen-bond acceptors (Lipinski definition) is 5. The molecule has 0 fully saturated rings. The van der Waals surface area contributed by atoms with Crippen molar-refractivity contribution in [1.82, 2.24) is 5.32 Å². The maximum absolute atomic E-state index is 12.2. The first-order chi connectivity index (χ1) is 11.0. The van der Waals surface area contributed by atoms with Gasteiger partial charge in [-0.2, -0.15) is 0 Å². The largest absolute Gasteiger partial charge is 0.466 e. The molecular weight excluding hydrogens is 298 g/mol.